The van der Waals surface area contributed by atoms with Crippen molar-refractivity contribution < 1.29 is 24.2 Å². The number of carboxylic acids is 1. The van der Waals surface area contributed by atoms with Gasteiger partial charge < -0.3 is 14.7 Å². The van der Waals surface area contributed by atoms with Gasteiger partial charge >= 0.3 is 12.1 Å². The Morgan fingerprint density at radius 1 is 1.27 bits per heavy atom. The number of carbonyl (C=O) groups is 3. The Kier molecular flexibility index (Phi) is 4.98. The van der Waals surface area contributed by atoms with E-state index in [9.17, 15) is 19.5 Å². The molecule has 1 N–H and O–H groups in total. The fraction of sp³-hybridized carbons (Fsp3) is 0.400. The summed E-state index contributed by atoms with van der Waals surface area (Å²) in [7, 11) is 1.65. The van der Waals surface area contributed by atoms with Gasteiger partial charge in [-0.25, -0.2) is 9.59 Å². The number of amides is 2. The van der Waals surface area contributed by atoms with E-state index < -0.39 is 18.2 Å². The fourth-order valence-electron chi connectivity index (χ4n) is 2.12. The number of rotatable bonds is 4. The maximum absolute atomic E-state index is 12.0. The maximum Gasteiger partial charge on any atom is 0.411 e. The van der Waals surface area contributed by atoms with E-state index in [1.165, 1.54) is 9.80 Å². The summed E-state index contributed by atoms with van der Waals surface area (Å²) in [5, 5.41) is 9.20. The number of likely N-dealkylation sites (N-methyl/N-ethyl adjacent to an activating group) is 1. The second-order valence-electron chi connectivity index (χ2n) is 5.14. The molecule has 22 heavy (non-hydrogen) atoms. The van der Waals surface area contributed by atoms with E-state index in [0.29, 0.717) is 13.1 Å². The van der Waals surface area contributed by atoms with Crippen molar-refractivity contribution in [2.24, 2.45) is 0 Å². The number of hydrogen-bond donors (Lipinski definition) is 1. The van der Waals surface area contributed by atoms with Crippen molar-refractivity contribution in [2.75, 3.05) is 26.7 Å². The molecule has 0 unspecified atom stereocenters. The van der Waals surface area contributed by atoms with Crippen LogP contribution in [-0.2, 0) is 20.7 Å². The summed E-state index contributed by atoms with van der Waals surface area (Å²) in [5.74, 6) is -1.41. The number of benzene rings is 1. The minimum Gasteiger partial charge on any atom is -0.478 e. The molecular weight excluding hydrogens is 288 g/mol. The smallest absolute Gasteiger partial charge is 0.411 e. The molecule has 1 aromatic rings. The van der Waals surface area contributed by atoms with E-state index in [4.69, 9.17) is 4.74 Å². The highest BCUT2D eigenvalue weighted by molar-refractivity contribution is 5.84. The number of aliphatic carboxylic acids is 1. The SMILES string of the molecule is CN1CCN(C(=O)O[C@@H](Cc2ccccc2)C(=O)O)CC1=O. The Hall–Kier alpha value is -2.57. The summed E-state index contributed by atoms with van der Waals surface area (Å²) in [5.41, 5.74) is 0.761. The zero-order valence-electron chi connectivity index (χ0n) is 12.3. The van der Waals surface area contributed by atoms with E-state index in [2.05, 4.69) is 0 Å². The van der Waals surface area contributed by atoms with Crippen molar-refractivity contribution in [2.45, 2.75) is 12.5 Å². The molecule has 1 aromatic carbocycles. The Morgan fingerprint density at radius 3 is 2.55 bits per heavy atom. The lowest BCUT2D eigenvalue weighted by Gasteiger charge is -2.31. The zero-order chi connectivity index (χ0) is 16.1. The minimum atomic E-state index is -1.27. The van der Waals surface area contributed by atoms with Crippen LogP contribution in [0.4, 0.5) is 4.79 Å². The van der Waals surface area contributed by atoms with E-state index >= 15 is 0 Å². The molecule has 1 aliphatic rings. The normalized spacial score (nSPS) is 16.3. The summed E-state index contributed by atoms with van der Waals surface area (Å²) in [6, 6.07) is 8.93. The highest BCUT2D eigenvalue weighted by Crippen LogP contribution is 2.10. The van der Waals surface area contributed by atoms with E-state index in [1.54, 1.807) is 31.3 Å². The predicted octanol–water partition coefficient (Wildman–Crippen LogP) is 0.593. The number of nitrogens with zero attached hydrogens (tertiary/aromatic N) is 2. The predicted molar refractivity (Wildman–Crippen MR) is 77.3 cm³/mol. The van der Waals surface area contributed by atoms with Crippen LogP contribution in [0.2, 0.25) is 0 Å². The van der Waals surface area contributed by atoms with Gasteiger partial charge in [0.2, 0.25) is 12.0 Å². The molecule has 1 aliphatic heterocycles. The second kappa shape index (κ2) is 6.93. The van der Waals surface area contributed by atoms with Crippen LogP contribution in [0.5, 0.6) is 0 Å². The molecule has 1 fully saturated rings. The lowest BCUT2D eigenvalue weighted by molar-refractivity contribution is -0.147. The summed E-state index contributed by atoms with van der Waals surface area (Å²) in [6.45, 7) is 0.649. The molecule has 118 valence electrons. The number of ether oxygens (including phenoxy) is 1. The highest BCUT2D eigenvalue weighted by Gasteiger charge is 2.30. The quantitative estimate of drug-likeness (QED) is 0.880. The molecule has 1 heterocycles. The van der Waals surface area contributed by atoms with Crippen molar-refractivity contribution in [3.63, 3.8) is 0 Å². The van der Waals surface area contributed by atoms with Gasteiger partial charge in [0.15, 0.2) is 0 Å². The molecule has 0 aliphatic carbocycles. The van der Waals surface area contributed by atoms with Crippen molar-refractivity contribution in [3.05, 3.63) is 35.9 Å². The molecule has 7 nitrogen and oxygen atoms in total. The molecule has 0 aromatic heterocycles. The number of hydrogen-bond acceptors (Lipinski definition) is 4. The van der Waals surface area contributed by atoms with Crippen LogP contribution in [0.15, 0.2) is 30.3 Å². The van der Waals surface area contributed by atoms with Gasteiger partial charge in [0.1, 0.15) is 6.54 Å². The Labute approximate surface area is 128 Å². The Bertz CT molecular complexity index is 560. The summed E-state index contributed by atoms with van der Waals surface area (Å²) in [4.78, 5) is 37.6. The summed E-state index contributed by atoms with van der Waals surface area (Å²) in [6.07, 6.45) is -1.96. The summed E-state index contributed by atoms with van der Waals surface area (Å²) >= 11 is 0. The van der Waals surface area contributed by atoms with Gasteiger partial charge in [-0.1, -0.05) is 30.3 Å². The first kappa shape index (κ1) is 15.8. The summed E-state index contributed by atoms with van der Waals surface area (Å²) < 4.78 is 5.06. The van der Waals surface area contributed by atoms with Crippen LogP contribution in [0, 0.1) is 0 Å². The topological polar surface area (TPSA) is 87.2 Å². The van der Waals surface area contributed by atoms with Gasteiger partial charge in [-0.3, -0.25) is 9.69 Å². The van der Waals surface area contributed by atoms with Gasteiger partial charge in [-0.2, -0.15) is 0 Å². The third kappa shape index (κ3) is 3.97. The average molecular weight is 306 g/mol. The van der Waals surface area contributed by atoms with Crippen LogP contribution in [0.1, 0.15) is 5.56 Å². The number of carboxylic acid groups (broad SMARTS) is 1. The van der Waals surface area contributed by atoms with Gasteiger partial charge in [-0.05, 0) is 5.56 Å². The number of piperazine rings is 1. The first-order chi connectivity index (χ1) is 10.5. The zero-order valence-corrected chi connectivity index (χ0v) is 12.3. The van der Waals surface area contributed by atoms with E-state index in [1.807, 2.05) is 6.07 Å². The lowest BCUT2D eigenvalue weighted by Crippen LogP contribution is -2.51. The van der Waals surface area contributed by atoms with Gasteiger partial charge in [0.05, 0.1) is 0 Å². The van der Waals surface area contributed by atoms with Crippen LogP contribution in [-0.4, -0.2) is 65.7 Å². The third-order valence-corrected chi connectivity index (χ3v) is 3.50. The molecule has 0 bridgehead atoms. The first-order valence-electron chi connectivity index (χ1n) is 6.93. The molecule has 0 saturated carbocycles. The van der Waals surface area contributed by atoms with Gasteiger partial charge in [0.25, 0.3) is 0 Å². The van der Waals surface area contributed by atoms with Crippen molar-refractivity contribution >= 4 is 18.0 Å². The van der Waals surface area contributed by atoms with Crippen molar-refractivity contribution in [3.8, 4) is 0 Å². The molecule has 2 amide bonds. The molecule has 1 atom stereocenters. The highest BCUT2D eigenvalue weighted by atomic mass is 16.6. The average Bonchev–Trinajstić information content (AvgIpc) is 2.50. The van der Waals surface area contributed by atoms with Crippen LogP contribution < -0.4 is 0 Å². The lowest BCUT2D eigenvalue weighted by atomic mass is 10.1. The molecule has 0 spiro atoms. The molecule has 7 heteroatoms. The third-order valence-electron chi connectivity index (χ3n) is 3.50. The molecule has 1 saturated heterocycles. The number of carbonyl (C=O) groups excluding carboxylic acids is 2. The van der Waals surface area contributed by atoms with Crippen LogP contribution in [0.3, 0.4) is 0 Å². The maximum atomic E-state index is 12.0. The largest absolute Gasteiger partial charge is 0.478 e. The Balaban J connectivity index is 1.97. The molecule has 0 radical (unpaired) electrons. The van der Waals surface area contributed by atoms with Crippen LogP contribution >= 0.6 is 0 Å². The molecule has 2 rings (SSSR count). The van der Waals surface area contributed by atoms with E-state index in [0.717, 1.165) is 5.56 Å². The van der Waals surface area contributed by atoms with Crippen molar-refractivity contribution in [1.82, 2.24) is 9.80 Å². The van der Waals surface area contributed by atoms with Gasteiger partial charge in [-0.15, -0.1) is 0 Å². The Morgan fingerprint density at radius 2 is 1.95 bits per heavy atom. The molecular formula is C15H18N2O5. The first-order valence-corrected chi connectivity index (χ1v) is 6.93. The van der Waals surface area contributed by atoms with E-state index in [-0.39, 0.29) is 18.9 Å². The van der Waals surface area contributed by atoms with Gasteiger partial charge in [0, 0.05) is 26.6 Å². The van der Waals surface area contributed by atoms with Crippen molar-refractivity contribution in [1.29, 1.82) is 0 Å². The minimum absolute atomic E-state index is 0.0869. The van der Waals surface area contributed by atoms with Crippen LogP contribution in [0.25, 0.3) is 0 Å². The standard InChI is InChI=1S/C15H18N2O5/c1-16-7-8-17(10-13(16)18)15(21)22-12(14(19)20)9-11-5-3-2-4-6-11/h2-6,12H,7-10H2,1H3,(H,19,20)/t12-/m0/s1. The second-order valence-corrected chi connectivity index (χ2v) is 5.14. The fourth-order valence-corrected chi connectivity index (χ4v) is 2.12. The monoisotopic (exact) mass is 306 g/mol.